The number of nitrogen functional groups attached to an aromatic ring is 1. The number of imidazole rings is 1. The molecule has 11 heteroatoms. The van der Waals surface area contributed by atoms with E-state index >= 15 is 0 Å². The molecule has 2 aromatic heterocycles. The molecule has 3 heterocycles. The van der Waals surface area contributed by atoms with Crippen LogP contribution < -0.4 is 10.0 Å². The van der Waals surface area contributed by atoms with Gasteiger partial charge in [-0.3, -0.25) is 0 Å². The Morgan fingerprint density at radius 1 is 1.03 bits per heavy atom. The highest BCUT2D eigenvalue weighted by atomic mass is 35.5. The summed E-state index contributed by atoms with van der Waals surface area (Å²) in [6, 6.07) is 13.0. The lowest BCUT2D eigenvalue weighted by molar-refractivity contribution is 0.593. The normalized spacial score (nSPS) is 16.1. The van der Waals surface area contributed by atoms with Crippen molar-refractivity contribution in [2.75, 3.05) is 10.0 Å². The zero-order valence-electron chi connectivity index (χ0n) is 16.2. The Kier molecular flexibility index (Phi) is 4.42. The van der Waals surface area contributed by atoms with E-state index in [1.165, 1.54) is 16.7 Å². The largest absolute Gasteiger partial charge is 0.382 e. The summed E-state index contributed by atoms with van der Waals surface area (Å²) >= 11 is 6.28. The third-order valence-electron chi connectivity index (χ3n) is 5.06. The molecule has 1 unspecified atom stereocenters. The molecule has 1 atom stereocenters. The van der Waals surface area contributed by atoms with E-state index in [9.17, 15) is 8.42 Å². The highest BCUT2D eigenvalue weighted by Gasteiger charge is 2.39. The monoisotopic (exact) mass is 453 g/mol. The summed E-state index contributed by atoms with van der Waals surface area (Å²) in [4.78, 5) is 17.2. The van der Waals surface area contributed by atoms with Gasteiger partial charge in [0.2, 0.25) is 0 Å². The fourth-order valence-electron chi connectivity index (χ4n) is 3.60. The predicted molar refractivity (Wildman–Crippen MR) is 119 cm³/mol. The zero-order chi connectivity index (χ0) is 21.8. The second-order valence-electron chi connectivity index (χ2n) is 6.92. The highest BCUT2D eigenvalue weighted by Crippen LogP contribution is 2.41. The molecule has 5 rings (SSSR count). The van der Waals surface area contributed by atoms with Crippen molar-refractivity contribution >= 4 is 55.8 Å². The van der Waals surface area contributed by atoms with E-state index in [0.717, 1.165) is 0 Å². The molecule has 156 valence electrons. The molecule has 4 aromatic rings. The van der Waals surface area contributed by atoms with Crippen LogP contribution in [0, 0.1) is 0 Å². The van der Waals surface area contributed by atoms with E-state index in [0.29, 0.717) is 16.9 Å². The summed E-state index contributed by atoms with van der Waals surface area (Å²) in [6.45, 7) is 1.82. The van der Waals surface area contributed by atoms with Crippen LogP contribution in [0.3, 0.4) is 0 Å². The molecule has 0 spiro atoms. The number of aliphatic imine (C=N–C) groups is 1. The Balaban J connectivity index is 1.77. The maximum Gasteiger partial charge on any atom is 0.273 e. The first-order valence-corrected chi connectivity index (χ1v) is 11.1. The fraction of sp³-hybridized carbons (Fsp3) is 0.100. The van der Waals surface area contributed by atoms with E-state index < -0.39 is 16.1 Å². The minimum Gasteiger partial charge on any atom is -0.382 e. The first-order valence-electron chi connectivity index (χ1n) is 9.30. The number of sulfonamides is 1. The van der Waals surface area contributed by atoms with Gasteiger partial charge in [0.1, 0.15) is 22.6 Å². The SMILES string of the molecule is CC(C1=Nc2cccc(Cl)c2S(=O)(=O)N1c1ccccc1)n1cnc2c(N)ncnc21. The zero-order valence-corrected chi connectivity index (χ0v) is 17.8. The second kappa shape index (κ2) is 7.03. The molecule has 1 aliphatic rings. The van der Waals surface area contributed by atoms with Crippen molar-refractivity contribution in [3.05, 3.63) is 66.2 Å². The van der Waals surface area contributed by atoms with Crippen molar-refractivity contribution in [2.45, 2.75) is 17.9 Å². The van der Waals surface area contributed by atoms with Crippen molar-refractivity contribution in [2.24, 2.45) is 4.99 Å². The van der Waals surface area contributed by atoms with Crippen LogP contribution in [0.25, 0.3) is 11.2 Å². The van der Waals surface area contributed by atoms with E-state index in [1.807, 2.05) is 13.0 Å². The van der Waals surface area contributed by atoms with Crippen molar-refractivity contribution in [1.29, 1.82) is 0 Å². The molecule has 0 aliphatic carbocycles. The highest BCUT2D eigenvalue weighted by molar-refractivity contribution is 7.94. The number of para-hydroxylation sites is 1. The Morgan fingerprint density at radius 2 is 1.81 bits per heavy atom. The number of hydrogen-bond donors (Lipinski definition) is 1. The Morgan fingerprint density at radius 3 is 2.58 bits per heavy atom. The fourth-order valence-corrected chi connectivity index (χ4v) is 5.78. The molecule has 0 radical (unpaired) electrons. The Hall–Kier alpha value is -3.50. The van der Waals surface area contributed by atoms with Crippen LogP contribution in [0.15, 0.2) is 71.1 Å². The third kappa shape index (κ3) is 2.94. The number of aromatic nitrogens is 4. The summed E-state index contributed by atoms with van der Waals surface area (Å²) in [5, 5.41) is 0.113. The molecular weight excluding hydrogens is 438 g/mol. The summed E-state index contributed by atoms with van der Waals surface area (Å²) in [5.74, 6) is 0.517. The number of rotatable bonds is 3. The first-order chi connectivity index (χ1) is 14.9. The molecule has 1 aliphatic heterocycles. The van der Waals surface area contributed by atoms with E-state index in [-0.39, 0.29) is 27.3 Å². The van der Waals surface area contributed by atoms with Gasteiger partial charge in [0.15, 0.2) is 11.5 Å². The smallest absolute Gasteiger partial charge is 0.273 e. The van der Waals surface area contributed by atoms with Crippen LogP contribution in [0.4, 0.5) is 17.2 Å². The van der Waals surface area contributed by atoms with Crippen LogP contribution in [0.1, 0.15) is 13.0 Å². The van der Waals surface area contributed by atoms with Gasteiger partial charge in [0.25, 0.3) is 10.0 Å². The molecule has 0 saturated carbocycles. The molecule has 31 heavy (non-hydrogen) atoms. The average molecular weight is 454 g/mol. The van der Waals surface area contributed by atoms with Crippen LogP contribution >= 0.6 is 11.6 Å². The summed E-state index contributed by atoms with van der Waals surface area (Å²) in [7, 11) is -4.03. The first kappa shape index (κ1) is 19.5. The number of fused-ring (bicyclic) bond motifs is 2. The van der Waals surface area contributed by atoms with Crippen molar-refractivity contribution in [3.63, 3.8) is 0 Å². The molecule has 2 N–H and O–H groups in total. The summed E-state index contributed by atoms with van der Waals surface area (Å²) in [5.41, 5.74) is 7.54. The van der Waals surface area contributed by atoms with Crippen molar-refractivity contribution in [3.8, 4) is 0 Å². The van der Waals surface area contributed by atoms with Crippen LogP contribution in [-0.4, -0.2) is 33.8 Å². The van der Waals surface area contributed by atoms with E-state index in [1.54, 1.807) is 47.3 Å². The number of anilines is 2. The molecule has 2 aromatic carbocycles. The number of nitrogens with zero attached hydrogens (tertiary/aromatic N) is 6. The van der Waals surface area contributed by atoms with Gasteiger partial charge in [-0.25, -0.2) is 32.7 Å². The van der Waals surface area contributed by atoms with Gasteiger partial charge in [-0.1, -0.05) is 35.9 Å². The number of hydrogen-bond acceptors (Lipinski definition) is 7. The molecule has 0 saturated heterocycles. The van der Waals surface area contributed by atoms with Gasteiger partial charge in [-0.15, -0.1) is 0 Å². The minimum absolute atomic E-state index is 0.0291. The van der Waals surface area contributed by atoms with Crippen LogP contribution in [-0.2, 0) is 10.0 Å². The number of nitrogens with two attached hydrogens (primary N) is 1. The molecule has 0 fully saturated rings. The number of benzene rings is 2. The lowest BCUT2D eigenvalue weighted by Crippen LogP contribution is -2.43. The number of amidine groups is 1. The predicted octanol–water partition coefficient (Wildman–Crippen LogP) is 3.56. The van der Waals surface area contributed by atoms with Crippen LogP contribution in [0.2, 0.25) is 5.02 Å². The molecular formula is C20H16ClN7O2S. The second-order valence-corrected chi connectivity index (χ2v) is 9.05. The quantitative estimate of drug-likeness (QED) is 0.506. The topological polar surface area (TPSA) is 119 Å². The average Bonchev–Trinajstić information content (AvgIpc) is 3.18. The molecule has 9 nitrogen and oxygen atoms in total. The third-order valence-corrected chi connectivity index (χ3v) is 7.31. The van der Waals surface area contributed by atoms with Gasteiger partial charge < -0.3 is 10.3 Å². The van der Waals surface area contributed by atoms with E-state index in [4.69, 9.17) is 22.3 Å². The van der Waals surface area contributed by atoms with Gasteiger partial charge in [-0.05, 0) is 31.2 Å². The van der Waals surface area contributed by atoms with Gasteiger partial charge in [0, 0.05) is 0 Å². The maximum absolute atomic E-state index is 13.7. The molecule has 0 amide bonds. The Bertz CT molecular complexity index is 1450. The summed E-state index contributed by atoms with van der Waals surface area (Å²) < 4.78 is 30.4. The van der Waals surface area contributed by atoms with Gasteiger partial charge in [0.05, 0.1) is 28.8 Å². The molecule has 0 bridgehead atoms. The lowest BCUT2D eigenvalue weighted by atomic mass is 10.2. The van der Waals surface area contributed by atoms with Crippen molar-refractivity contribution < 1.29 is 8.42 Å². The standard InChI is InChI=1S/C20H16ClN7O2S/c1-12(27-11-25-16-18(22)23-10-24-20(16)27)19-26-15-9-5-8-14(21)17(15)31(29,30)28(19)13-6-3-2-4-7-13/h2-12H,1H3,(H2,22,23,24). The number of halogens is 1. The Labute approximate surface area is 182 Å². The lowest BCUT2D eigenvalue weighted by Gasteiger charge is -2.33. The van der Waals surface area contributed by atoms with E-state index in [2.05, 4.69) is 15.0 Å². The van der Waals surface area contributed by atoms with Gasteiger partial charge in [-0.2, -0.15) is 0 Å². The van der Waals surface area contributed by atoms with Crippen LogP contribution in [0.5, 0.6) is 0 Å². The maximum atomic E-state index is 13.7. The van der Waals surface area contributed by atoms with Crippen molar-refractivity contribution in [1.82, 2.24) is 19.5 Å². The van der Waals surface area contributed by atoms with Gasteiger partial charge >= 0.3 is 0 Å². The summed E-state index contributed by atoms with van der Waals surface area (Å²) in [6.07, 6.45) is 2.89. The minimum atomic E-state index is -4.03.